The van der Waals surface area contributed by atoms with E-state index in [1.165, 1.54) is 12.1 Å². The van der Waals surface area contributed by atoms with E-state index in [2.05, 4.69) is 15.4 Å². The molecule has 0 saturated heterocycles. The van der Waals surface area contributed by atoms with Crippen molar-refractivity contribution in [3.63, 3.8) is 0 Å². The normalized spacial score (nSPS) is 11.4. The Morgan fingerprint density at radius 1 is 0.933 bits per heavy atom. The molecule has 1 heterocycles. The number of benzene rings is 3. The lowest BCUT2D eigenvalue weighted by Crippen LogP contribution is -2.18. The fraction of sp³-hybridized carbons (Fsp3) is 0.0909. The van der Waals surface area contributed by atoms with Crippen LogP contribution in [0.5, 0.6) is 0 Å². The quantitative estimate of drug-likeness (QED) is 0.469. The number of hydrogen-bond donors (Lipinski definition) is 1. The molecule has 0 saturated carbocycles. The largest absolute Gasteiger partial charge is 0.349 e. The highest BCUT2D eigenvalue weighted by atomic mass is 35.5. The molecular weight excluding hydrogens is 420 g/mol. The third kappa shape index (κ3) is 4.08. The average molecular weight is 439 g/mol. The molecule has 0 aliphatic rings. The summed E-state index contributed by atoms with van der Waals surface area (Å²) < 4.78 is 27.4. The molecule has 0 aliphatic carbocycles. The standard InChI is InChI=1S/C22H19ClN4O2S/c1-16-11-13-17(14-12-16)21-25-22(24-15-18-7-5-6-10-20(18)23)27(26-21)30(28,29)19-8-3-2-4-9-19/h2-14H,15H2,1H3,(H,24,25,26). The van der Waals surface area contributed by atoms with Crippen LogP contribution in [-0.4, -0.2) is 22.6 Å². The summed E-state index contributed by atoms with van der Waals surface area (Å²) in [5.41, 5.74) is 2.64. The molecule has 152 valence electrons. The van der Waals surface area contributed by atoms with E-state index in [1.807, 2.05) is 49.4 Å². The fourth-order valence-electron chi connectivity index (χ4n) is 2.91. The SMILES string of the molecule is Cc1ccc(-c2nc(NCc3ccccc3Cl)n(S(=O)(=O)c3ccccc3)n2)cc1. The number of rotatable bonds is 6. The van der Waals surface area contributed by atoms with Gasteiger partial charge in [0.1, 0.15) is 0 Å². The number of hydrogen-bond acceptors (Lipinski definition) is 5. The monoisotopic (exact) mass is 438 g/mol. The molecule has 30 heavy (non-hydrogen) atoms. The fourth-order valence-corrected chi connectivity index (χ4v) is 4.33. The molecule has 6 nitrogen and oxygen atoms in total. The predicted molar refractivity (Wildman–Crippen MR) is 118 cm³/mol. The minimum absolute atomic E-state index is 0.120. The maximum Gasteiger partial charge on any atom is 0.286 e. The molecule has 0 spiro atoms. The molecule has 4 rings (SSSR count). The number of aryl methyl sites for hydroxylation is 1. The summed E-state index contributed by atoms with van der Waals surface area (Å²) in [6.45, 7) is 2.28. The number of aromatic nitrogens is 3. The van der Waals surface area contributed by atoms with Crippen LogP contribution >= 0.6 is 11.6 Å². The summed E-state index contributed by atoms with van der Waals surface area (Å²) in [5.74, 6) is 0.436. The first-order chi connectivity index (χ1) is 14.4. The van der Waals surface area contributed by atoms with Crippen molar-refractivity contribution in [2.24, 2.45) is 0 Å². The average Bonchev–Trinajstić information content (AvgIpc) is 3.19. The summed E-state index contributed by atoms with van der Waals surface area (Å²) in [4.78, 5) is 4.60. The molecule has 0 fully saturated rings. The maximum atomic E-state index is 13.2. The Labute approximate surface area is 180 Å². The first-order valence-electron chi connectivity index (χ1n) is 9.27. The summed E-state index contributed by atoms with van der Waals surface area (Å²) >= 11 is 6.23. The highest BCUT2D eigenvalue weighted by Crippen LogP contribution is 2.24. The Kier molecular flexibility index (Phi) is 5.57. The van der Waals surface area contributed by atoms with Gasteiger partial charge in [-0.05, 0) is 30.7 Å². The predicted octanol–water partition coefficient (Wildman–Crippen LogP) is 4.76. The van der Waals surface area contributed by atoms with E-state index in [0.717, 1.165) is 20.8 Å². The van der Waals surface area contributed by atoms with E-state index >= 15 is 0 Å². The van der Waals surface area contributed by atoms with E-state index in [0.29, 0.717) is 17.4 Å². The first kappa shape index (κ1) is 20.1. The third-order valence-electron chi connectivity index (χ3n) is 4.55. The van der Waals surface area contributed by atoms with Gasteiger partial charge in [0, 0.05) is 17.1 Å². The minimum Gasteiger partial charge on any atom is -0.349 e. The molecule has 1 N–H and O–H groups in total. The van der Waals surface area contributed by atoms with Crippen LogP contribution in [0.2, 0.25) is 5.02 Å². The van der Waals surface area contributed by atoms with Gasteiger partial charge >= 0.3 is 0 Å². The second kappa shape index (κ2) is 8.30. The van der Waals surface area contributed by atoms with Gasteiger partial charge in [0.2, 0.25) is 5.95 Å². The van der Waals surface area contributed by atoms with Crippen LogP contribution in [0.4, 0.5) is 5.95 Å². The van der Waals surface area contributed by atoms with Crippen LogP contribution in [0.3, 0.4) is 0 Å². The van der Waals surface area contributed by atoms with E-state index in [-0.39, 0.29) is 10.8 Å². The van der Waals surface area contributed by atoms with Crippen LogP contribution in [0, 0.1) is 6.92 Å². The van der Waals surface area contributed by atoms with Gasteiger partial charge in [-0.1, -0.05) is 77.8 Å². The van der Waals surface area contributed by atoms with Crippen LogP contribution in [0.1, 0.15) is 11.1 Å². The molecule has 0 amide bonds. The van der Waals surface area contributed by atoms with E-state index in [1.54, 1.807) is 24.3 Å². The number of halogens is 1. The van der Waals surface area contributed by atoms with Gasteiger partial charge in [-0.25, -0.2) is 0 Å². The smallest absolute Gasteiger partial charge is 0.286 e. The molecule has 3 aromatic carbocycles. The molecular formula is C22H19ClN4O2S. The van der Waals surface area contributed by atoms with Crippen molar-refractivity contribution in [3.8, 4) is 11.4 Å². The molecule has 0 unspecified atom stereocenters. The Morgan fingerprint density at radius 2 is 1.60 bits per heavy atom. The molecule has 4 aromatic rings. The number of nitrogens with zero attached hydrogens (tertiary/aromatic N) is 3. The Balaban J connectivity index is 1.77. The Morgan fingerprint density at radius 3 is 2.30 bits per heavy atom. The van der Waals surface area contributed by atoms with Crippen molar-refractivity contribution >= 4 is 27.6 Å². The molecule has 0 aliphatic heterocycles. The summed E-state index contributed by atoms with van der Waals surface area (Å²) in [5, 5.41) is 7.97. The lowest BCUT2D eigenvalue weighted by atomic mass is 10.1. The van der Waals surface area contributed by atoms with E-state index < -0.39 is 10.0 Å². The lowest BCUT2D eigenvalue weighted by molar-refractivity contribution is 0.580. The third-order valence-corrected chi connectivity index (χ3v) is 6.50. The van der Waals surface area contributed by atoms with Crippen molar-refractivity contribution in [1.29, 1.82) is 0 Å². The van der Waals surface area contributed by atoms with Crippen LogP contribution in [-0.2, 0) is 16.6 Å². The van der Waals surface area contributed by atoms with Crippen molar-refractivity contribution in [3.05, 3.63) is 95.0 Å². The van der Waals surface area contributed by atoms with Gasteiger partial charge in [-0.2, -0.15) is 13.4 Å². The van der Waals surface area contributed by atoms with Gasteiger partial charge in [0.25, 0.3) is 10.0 Å². The molecule has 1 aromatic heterocycles. The van der Waals surface area contributed by atoms with Crippen LogP contribution < -0.4 is 5.32 Å². The van der Waals surface area contributed by atoms with Gasteiger partial charge in [0.05, 0.1) is 4.90 Å². The lowest BCUT2D eigenvalue weighted by Gasteiger charge is -2.09. The Hall–Kier alpha value is -3.16. The van der Waals surface area contributed by atoms with Gasteiger partial charge in [0.15, 0.2) is 5.82 Å². The van der Waals surface area contributed by atoms with Gasteiger partial charge < -0.3 is 5.32 Å². The van der Waals surface area contributed by atoms with E-state index in [9.17, 15) is 8.42 Å². The van der Waals surface area contributed by atoms with Crippen molar-refractivity contribution in [2.45, 2.75) is 18.4 Å². The van der Waals surface area contributed by atoms with Crippen molar-refractivity contribution in [2.75, 3.05) is 5.32 Å². The number of anilines is 1. The Bertz CT molecular complexity index is 1270. The van der Waals surface area contributed by atoms with Gasteiger partial charge in [-0.3, -0.25) is 0 Å². The van der Waals surface area contributed by atoms with Crippen molar-refractivity contribution < 1.29 is 8.42 Å². The van der Waals surface area contributed by atoms with Crippen LogP contribution in [0.15, 0.2) is 83.8 Å². The molecule has 8 heteroatoms. The zero-order valence-corrected chi connectivity index (χ0v) is 17.7. The first-order valence-corrected chi connectivity index (χ1v) is 11.1. The second-order valence-electron chi connectivity index (χ2n) is 6.73. The maximum absolute atomic E-state index is 13.2. The number of nitrogens with one attached hydrogen (secondary N) is 1. The highest BCUT2D eigenvalue weighted by molar-refractivity contribution is 7.90. The second-order valence-corrected chi connectivity index (χ2v) is 8.91. The zero-order chi connectivity index (χ0) is 21.1. The summed E-state index contributed by atoms with van der Waals surface area (Å²) in [6.07, 6.45) is 0. The van der Waals surface area contributed by atoms with Crippen LogP contribution in [0.25, 0.3) is 11.4 Å². The van der Waals surface area contributed by atoms with Gasteiger partial charge in [-0.15, -0.1) is 9.19 Å². The molecule has 0 bridgehead atoms. The highest BCUT2D eigenvalue weighted by Gasteiger charge is 2.24. The molecule has 0 atom stereocenters. The minimum atomic E-state index is -3.93. The molecule has 0 radical (unpaired) electrons. The topological polar surface area (TPSA) is 76.9 Å². The van der Waals surface area contributed by atoms with Crippen molar-refractivity contribution in [1.82, 2.24) is 14.2 Å². The summed E-state index contributed by atoms with van der Waals surface area (Å²) in [7, 11) is -3.93. The van der Waals surface area contributed by atoms with E-state index in [4.69, 9.17) is 11.6 Å². The zero-order valence-electron chi connectivity index (χ0n) is 16.2. The summed E-state index contributed by atoms with van der Waals surface area (Å²) in [6, 6.07) is 23.1.